The van der Waals surface area contributed by atoms with Gasteiger partial charge in [0.2, 0.25) is 0 Å². The van der Waals surface area contributed by atoms with Gasteiger partial charge in [-0.25, -0.2) is 14.4 Å². The summed E-state index contributed by atoms with van der Waals surface area (Å²) in [4.78, 5) is 30.7. The summed E-state index contributed by atoms with van der Waals surface area (Å²) in [5.41, 5.74) is 1.82. The van der Waals surface area contributed by atoms with Gasteiger partial charge < -0.3 is 14.6 Å². The van der Waals surface area contributed by atoms with Gasteiger partial charge in [0.15, 0.2) is 0 Å². The van der Waals surface area contributed by atoms with Crippen molar-refractivity contribution in [1.82, 2.24) is 0 Å². The largest absolute Gasteiger partial charge is 0.478 e. The number of carbonyl (C=O) groups excluding carboxylic acids is 2. The van der Waals surface area contributed by atoms with Crippen LogP contribution < -0.4 is 0 Å². The van der Waals surface area contributed by atoms with Crippen LogP contribution in [0.3, 0.4) is 0 Å². The maximum Gasteiger partial charge on any atom is 0.332 e. The summed E-state index contributed by atoms with van der Waals surface area (Å²) in [6, 6.07) is 9.73. The molecular formula is C22H28O6. The van der Waals surface area contributed by atoms with Crippen molar-refractivity contribution in [1.29, 1.82) is 0 Å². The van der Waals surface area contributed by atoms with Gasteiger partial charge >= 0.3 is 17.9 Å². The first-order valence-corrected chi connectivity index (χ1v) is 8.35. The van der Waals surface area contributed by atoms with Crippen LogP contribution in [0.5, 0.6) is 0 Å². The van der Waals surface area contributed by atoms with E-state index >= 15 is 0 Å². The fourth-order valence-electron chi connectivity index (χ4n) is 1.31. The Labute approximate surface area is 166 Å². The molecule has 0 bridgehead atoms. The highest BCUT2D eigenvalue weighted by atomic mass is 16.5. The number of ether oxygens (including phenoxy) is 2. The molecule has 0 atom stereocenters. The van der Waals surface area contributed by atoms with Crippen molar-refractivity contribution in [3.05, 3.63) is 78.4 Å². The molecule has 0 amide bonds. The first-order chi connectivity index (χ1) is 13.2. The summed E-state index contributed by atoms with van der Waals surface area (Å²) >= 11 is 0. The molecular weight excluding hydrogens is 360 g/mol. The van der Waals surface area contributed by atoms with Crippen molar-refractivity contribution in [2.24, 2.45) is 0 Å². The third kappa shape index (κ3) is 16.1. The molecule has 1 aromatic rings. The second-order valence-corrected chi connectivity index (χ2v) is 5.15. The van der Waals surface area contributed by atoms with Crippen molar-refractivity contribution in [2.45, 2.75) is 20.8 Å². The van der Waals surface area contributed by atoms with Gasteiger partial charge in [-0.05, 0) is 26.3 Å². The van der Waals surface area contributed by atoms with E-state index in [1.807, 2.05) is 36.4 Å². The van der Waals surface area contributed by atoms with Gasteiger partial charge in [0.25, 0.3) is 0 Å². The molecule has 0 aromatic heterocycles. The minimum absolute atomic E-state index is 0.331. The summed E-state index contributed by atoms with van der Waals surface area (Å²) in [6.07, 6.45) is 6.32. The molecule has 0 heterocycles. The minimum atomic E-state index is -0.886. The first kappa shape index (κ1) is 26.8. The number of aliphatic carboxylic acids is 1. The monoisotopic (exact) mass is 388 g/mol. The molecule has 0 saturated heterocycles. The number of carboxylic acids is 1. The summed E-state index contributed by atoms with van der Waals surface area (Å²) < 4.78 is 8.71. The van der Waals surface area contributed by atoms with E-state index in [1.54, 1.807) is 32.9 Å². The lowest BCUT2D eigenvalue weighted by Crippen LogP contribution is -1.98. The Morgan fingerprint density at radius 3 is 2.04 bits per heavy atom. The van der Waals surface area contributed by atoms with E-state index in [9.17, 15) is 14.4 Å². The summed E-state index contributed by atoms with van der Waals surface area (Å²) in [7, 11) is 1.33. The number of carbonyl (C=O) groups is 3. The van der Waals surface area contributed by atoms with Crippen LogP contribution in [-0.2, 0) is 23.9 Å². The lowest BCUT2D eigenvalue weighted by Gasteiger charge is -1.91. The Morgan fingerprint density at radius 2 is 1.71 bits per heavy atom. The third-order valence-electron chi connectivity index (χ3n) is 2.76. The van der Waals surface area contributed by atoms with Crippen LogP contribution in [-0.4, -0.2) is 36.7 Å². The molecule has 1 rings (SSSR count). The van der Waals surface area contributed by atoms with Gasteiger partial charge in [-0.2, -0.15) is 0 Å². The second kappa shape index (κ2) is 17.0. The molecule has 0 spiro atoms. The normalized spacial score (nSPS) is 9.79. The molecule has 0 saturated carbocycles. The average Bonchev–Trinajstić information content (AvgIpc) is 2.69. The predicted molar refractivity (Wildman–Crippen MR) is 111 cm³/mol. The summed E-state index contributed by atoms with van der Waals surface area (Å²) in [6.45, 7) is 11.9. The Balaban J connectivity index is 0. The summed E-state index contributed by atoms with van der Waals surface area (Å²) in [5.74, 6) is -1.59. The van der Waals surface area contributed by atoms with Crippen LogP contribution in [0.2, 0.25) is 0 Å². The number of hydrogen-bond donors (Lipinski definition) is 1. The van der Waals surface area contributed by atoms with Crippen LogP contribution in [0.15, 0.2) is 72.9 Å². The molecule has 0 fully saturated rings. The molecule has 28 heavy (non-hydrogen) atoms. The van der Waals surface area contributed by atoms with Crippen LogP contribution in [0.25, 0.3) is 6.08 Å². The fourth-order valence-corrected chi connectivity index (χ4v) is 1.31. The molecule has 0 radical (unpaired) electrons. The minimum Gasteiger partial charge on any atom is -0.478 e. The van der Waals surface area contributed by atoms with E-state index in [1.165, 1.54) is 7.11 Å². The predicted octanol–water partition coefficient (Wildman–Crippen LogP) is 4.20. The zero-order chi connectivity index (χ0) is 21.9. The van der Waals surface area contributed by atoms with Gasteiger partial charge in [-0.1, -0.05) is 61.7 Å². The number of carboxylic acid groups (broad SMARTS) is 1. The molecule has 1 N–H and O–H groups in total. The zero-order valence-electron chi connectivity index (χ0n) is 16.8. The lowest BCUT2D eigenvalue weighted by atomic mass is 10.2. The number of hydrogen-bond acceptors (Lipinski definition) is 5. The maximum atomic E-state index is 10.4. The SMILES string of the molecule is C=C(C)C(=O)OC.C=CC(=O)OCC.CC(=CC=Cc1ccccc1)C(=O)O. The van der Waals surface area contributed by atoms with E-state index in [2.05, 4.69) is 22.6 Å². The Hall–Kier alpha value is -3.41. The van der Waals surface area contributed by atoms with Crippen molar-refractivity contribution in [2.75, 3.05) is 13.7 Å². The highest BCUT2D eigenvalue weighted by Gasteiger charge is 1.96. The fraction of sp³-hybridized carbons (Fsp3) is 0.227. The van der Waals surface area contributed by atoms with Crippen LogP contribution in [0, 0.1) is 0 Å². The van der Waals surface area contributed by atoms with Crippen LogP contribution in [0.4, 0.5) is 0 Å². The average molecular weight is 388 g/mol. The molecule has 152 valence electrons. The van der Waals surface area contributed by atoms with Gasteiger partial charge in [0.05, 0.1) is 13.7 Å². The van der Waals surface area contributed by atoms with Gasteiger partial charge in [-0.15, -0.1) is 0 Å². The van der Waals surface area contributed by atoms with Crippen LogP contribution in [0.1, 0.15) is 26.3 Å². The Kier molecular flexibility index (Phi) is 16.3. The molecule has 0 aliphatic carbocycles. The van der Waals surface area contributed by atoms with E-state index in [0.29, 0.717) is 17.8 Å². The Morgan fingerprint density at radius 1 is 1.14 bits per heavy atom. The number of esters is 2. The number of allylic oxidation sites excluding steroid dienone is 2. The quantitative estimate of drug-likeness (QED) is 0.446. The zero-order valence-corrected chi connectivity index (χ0v) is 16.8. The molecule has 0 aliphatic heterocycles. The van der Waals surface area contributed by atoms with E-state index in [4.69, 9.17) is 5.11 Å². The number of rotatable bonds is 6. The van der Waals surface area contributed by atoms with Crippen molar-refractivity contribution >= 4 is 24.0 Å². The third-order valence-corrected chi connectivity index (χ3v) is 2.76. The second-order valence-electron chi connectivity index (χ2n) is 5.15. The van der Waals surface area contributed by atoms with E-state index in [0.717, 1.165) is 11.6 Å². The van der Waals surface area contributed by atoms with Gasteiger partial charge in [0, 0.05) is 17.2 Å². The van der Waals surface area contributed by atoms with Crippen molar-refractivity contribution in [3.63, 3.8) is 0 Å². The maximum absolute atomic E-state index is 10.4. The molecule has 6 heteroatoms. The van der Waals surface area contributed by atoms with Crippen molar-refractivity contribution in [3.8, 4) is 0 Å². The smallest absolute Gasteiger partial charge is 0.332 e. The molecule has 0 aliphatic rings. The summed E-state index contributed by atoms with van der Waals surface area (Å²) in [5, 5.41) is 8.58. The van der Waals surface area contributed by atoms with Gasteiger partial charge in [-0.3, -0.25) is 0 Å². The van der Waals surface area contributed by atoms with Crippen LogP contribution >= 0.6 is 0 Å². The molecule has 1 aromatic carbocycles. The first-order valence-electron chi connectivity index (χ1n) is 8.35. The lowest BCUT2D eigenvalue weighted by molar-refractivity contribution is -0.137. The van der Waals surface area contributed by atoms with E-state index in [-0.39, 0.29) is 11.9 Å². The number of methoxy groups -OCH3 is 1. The topological polar surface area (TPSA) is 89.9 Å². The highest BCUT2D eigenvalue weighted by molar-refractivity contribution is 5.87. The molecule has 0 unspecified atom stereocenters. The van der Waals surface area contributed by atoms with E-state index < -0.39 is 5.97 Å². The van der Waals surface area contributed by atoms with Crippen molar-refractivity contribution < 1.29 is 29.0 Å². The highest BCUT2D eigenvalue weighted by Crippen LogP contribution is 2.02. The van der Waals surface area contributed by atoms with Gasteiger partial charge in [0.1, 0.15) is 0 Å². The number of benzene rings is 1. The Bertz CT molecular complexity index is 697. The standard InChI is InChI=1S/C12H12O2.2C5H8O2/c1-10(12(13)14)6-5-9-11-7-3-2-4-8-11;1-4(2)5(6)7-3;1-3-5(6)7-4-2/h2-9H,1H3,(H,13,14);1H2,2-3H3;3H,1,4H2,2H3. The molecule has 6 nitrogen and oxygen atoms in total.